The standard InChI is InChI=1S/C15H22N2OS/c1-2-11-7-9-19-14(11)15(18)17(13-5-6-13)10-12-4-3-8-16-12/h7,9,12-13,16H,2-6,8,10H2,1H3. The van der Waals surface area contributed by atoms with Crippen molar-refractivity contribution < 1.29 is 4.79 Å². The Hall–Kier alpha value is -0.870. The highest BCUT2D eigenvalue weighted by Crippen LogP contribution is 2.31. The number of thiophene rings is 1. The van der Waals surface area contributed by atoms with Gasteiger partial charge in [-0.3, -0.25) is 4.79 Å². The van der Waals surface area contributed by atoms with Gasteiger partial charge in [-0.05, 0) is 55.7 Å². The van der Waals surface area contributed by atoms with E-state index in [9.17, 15) is 4.79 Å². The lowest BCUT2D eigenvalue weighted by molar-refractivity contribution is 0.0732. The Kier molecular flexibility index (Phi) is 3.89. The highest BCUT2D eigenvalue weighted by Gasteiger charge is 2.35. The minimum atomic E-state index is 0.267. The van der Waals surface area contributed by atoms with Crippen molar-refractivity contribution in [2.45, 2.75) is 51.1 Å². The van der Waals surface area contributed by atoms with Gasteiger partial charge in [0, 0.05) is 18.6 Å². The molecular weight excluding hydrogens is 256 g/mol. The van der Waals surface area contributed by atoms with E-state index in [4.69, 9.17) is 0 Å². The van der Waals surface area contributed by atoms with Crippen molar-refractivity contribution in [3.8, 4) is 0 Å². The molecule has 0 radical (unpaired) electrons. The van der Waals surface area contributed by atoms with E-state index < -0.39 is 0 Å². The SMILES string of the molecule is CCc1ccsc1C(=O)N(CC1CCCN1)C1CC1. The molecule has 0 bridgehead atoms. The number of carbonyl (C=O) groups is 1. The third kappa shape index (κ3) is 2.84. The first-order chi connectivity index (χ1) is 9.29. The maximum Gasteiger partial charge on any atom is 0.264 e. The van der Waals surface area contributed by atoms with Crippen LogP contribution in [0.15, 0.2) is 11.4 Å². The number of hydrogen-bond acceptors (Lipinski definition) is 3. The Labute approximate surface area is 119 Å². The molecule has 19 heavy (non-hydrogen) atoms. The molecule has 1 N–H and O–H groups in total. The Bertz CT molecular complexity index is 447. The summed E-state index contributed by atoms with van der Waals surface area (Å²) in [6.07, 6.45) is 5.78. The van der Waals surface area contributed by atoms with Crippen LogP contribution in [-0.2, 0) is 6.42 Å². The zero-order chi connectivity index (χ0) is 13.2. The fourth-order valence-electron chi connectivity index (χ4n) is 2.87. The number of aryl methyl sites for hydroxylation is 1. The van der Waals surface area contributed by atoms with Crippen LogP contribution >= 0.6 is 11.3 Å². The second kappa shape index (κ2) is 5.63. The van der Waals surface area contributed by atoms with Gasteiger partial charge in [0.2, 0.25) is 0 Å². The number of nitrogens with zero attached hydrogens (tertiary/aromatic N) is 1. The molecule has 3 rings (SSSR count). The lowest BCUT2D eigenvalue weighted by Gasteiger charge is -2.25. The Morgan fingerprint density at radius 2 is 2.32 bits per heavy atom. The minimum absolute atomic E-state index is 0.267. The van der Waals surface area contributed by atoms with Crippen molar-refractivity contribution in [1.82, 2.24) is 10.2 Å². The van der Waals surface area contributed by atoms with Gasteiger partial charge in [-0.1, -0.05) is 6.92 Å². The summed E-state index contributed by atoms with van der Waals surface area (Å²) in [4.78, 5) is 15.9. The minimum Gasteiger partial charge on any atom is -0.333 e. The molecule has 1 saturated carbocycles. The van der Waals surface area contributed by atoms with Crippen LogP contribution in [0.5, 0.6) is 0 Å². The van der Waals surface area contributed by atoms with E-state index in [1.165, 1.54) is 31.2 Å². The largest absolute Gasteiger partial charge is 0.333 e. The van der Waals surface area contributed by atoms with Crippen LogP contribution in [0.4, 0.5) is 0 Å². The monoisotopic (exact) mass is 278 g/mol. The van der Waals surface area contributed by atoms with E-state index in [1.54, 1.807) is 11.3 Å². The second-order valence-electron chi connectivity index (χ2n) is 5.61. The molecular formula is C15H22N2OS. The van der Waals surface area contributed by atoms with E-state index in [2.05, 4.69) is 23.2 Å². The van der Waals surface area contributed by atoms with Crippen molar-refractivity contribution in [3.63, 3.8) is 0 Å². The molecule has 1 aliphatic heterocycles. The average molecular weight is 278 g/mol. The molecule has 1 unspecified atom stereocenters. The predicted octanol–water partition coefficient (Wildman–Crippen LogP) is 2.67. The highest BCUT2D eigenvalue weighted by molar-refractivity contribution is 7.12. The Morgan fingerprint density at radius 1 is 1.47 bits per heavy atom. The normalized spacial score (nSPS) is 22.7. The van der Waals surface area contributed by atoms with Crippen molar-refractivity contribution in [2.24, 2.45) is 0 Å². The van der Waals surface area contributed by atoms with Gasteiger partial charge in [0.1, 0.15) is 0 Å². The predicted molar refractivity (Wildman–Crippen MR) is 78.8 cm³/mol. The maximum absolute atomic E-state index is 12.8. The number of amides is 1. The first kappa shape index (κ1) is 13.1. The maximum atomic E-state index is 12.8. The molecule has 1 amide bonds. The molecule has 2 fully saturated rings. The summed E-state index contributed by atoms with van der Waals surface area (Å²) in [6.45, 7) is 4.12. The van der Waals surface area contributed by atoms with Crippen molar-refractivity contribution >= 4 is 17.2 Å². The van der Waals surface area contributed by atoms with Crippen LogP contribution in [0, 0.1) is 0 Å². The molecule has 0 aromatic carbocycles. The van der Waals surface area contributed by atoms with Gasteiger partial charge in [0.25, 0.3) is 5.91 Å². The van der Waals surface area contributed by atoms with Crippen LogP contribution in [0.25, 0.3) is 0 Å². The Balaban J connectivity index is 1.73. The summed E-state index contributed by atoms with van der Waals surface area (Å²) >= 11 is 1.60. The Morgan fingerprint density at radius 3 is 2.95 bits per heavy atom. The molecule has 4 heteroatoms. The lowest BCUT2D eigenvalue weighted by Crippen LogP contribution is -2.42. The molecule has 1 atom stereocenters. The molecule has 0 spiro atoms. The van der Waals surface area contributed by atoms with Gasteiger partial charge >= 0.3 is 0 Å². The summed E-state index contributed by atoms with van der Waals surface area (Å²) in [5, 5.41) is 5.55. The fraction of sp³-hybridized carbons (Fsp3) is 0.667. The van der Waals surface area contributed by atoms with Crippen molar-refractivity contribution in [3.05, 3.63) is 21.9 Å². The van der Waals surface area contributed by atoms with Gasteiger partial charge in [0.05, 0.1) is 4.88 Å². The topological polar surface area (TPSA) is 32.3 Å². The number of carbonyl (C=O) groups excluding carboxylic acids is 1. The van der Waals surface area contributed by atoms with E-state index in [-0.39, 0.29) is 5.91 Å². The molecule has 2 heterocycles. The molecule has 1 aromatic rings. The van der Waals surface area contributed by atoms with E-state index in [0.29, 0.717) is 12.1 Å². The first-order valence-corrected chi connectivity index (χ1v) is 8.28. The van der Waals surface area contributed by atoms with E-state index >= 15 is 0 Å². The zero-order valence-corrected chi connectivity index (χ0v) is 12.3. The van der Waals surface area contributed by atoms with Crippen molar-refractivity contribution in [1.29, 1.82) is 0 Å². The van der Waals surface area contributed by atoms with Crippen LogP contribution in [0.3, 0.4) is 0 Å². The summed E-state index contributed by atoms with van der Waals surface area (Å²) in [7, 11) is 0. The van der Waals surface area contributed by atoms with E-state index in [0.717, 1.165) is 24.4 Å². The average Bonchev–Trinajstić information content (AvgIpc) is 2.95. The third-order valence-corrected chi connectivity index (χ3v) is 5.09. The first-order valence-electron chi connectivity index (χ1n) is 7.40. The summed E-state index contributed by atoms with van der Waals surface area (Å²) in [5.74, 6) is 0.267. The van der Waals surface area contributed by atoms with Crippen LogP contribution in [0.1, 0.15) is 47.8 Å². The second-order valence-corrected chi connectivity index (χ2v) is 6.53. The van der Waals surface area contributed by atoms with Gasteiger partial charge in [-0.15, -0.1) is 11.3 Å². The van der Waals surface area contributed by atoms with Crippen LogP contribution in [-0.4, -0.2) is 36.0 Å². The van der Waals surface area contributed by atoms with Gasteiger partial charge in [-0.25, -0.2) is 0 Å². The molecule has 1 saturated heterocycles. The van der Waals surface area contributed by atoms with Gasteiger partial charge in [0.15, 0.2) is 0 Å². The number of rotatable bonds is 5. The summed E-state index contributed by atoms with van der Waals surface area (Å²) in [5.41, 5.74) is 1.21. The molecule has 2 aliphatic rings. The fourth-order valence-corrected chi connectivity index (χ4v) is 3.82. The van der Waals surface area contributed by atoms with Crippen LogP contribution < -0.4 is 5.32 Å². The third-order valence-electron chi connectivity index (χ3n) is 4.15. The van der Waals surface area contributed by atoms with Crippen LogP contribution in [0.2, 0.25) is 0 Å². The molecule has 1 aromatic heterocycles. The summed E-state index contributed by atoms with van der Waals surface area (Å²) in [6, 6.07) is 3.10. The van der Waals surface area contributed by atoms with E-state index in [1.807, 2.05) is 5.38 Å². The zero-order valence-electron chi connectivity index (χ0n) is 11.5. The quantitative estimate of drug-likeness (QED) is 0.898. The van der Waals surface area contributed by atoms with Crippen molar-refractivity contribution in [2.75, 3.05) is 13.1 Å². The number of nitrogens with one attached hydrogen (secondary N) is 1. The molecule has 104 valence electrons. The van der Waals surface area contributed by atoms with Gasteiger partial charge in [-0.2, -0.15) is 0 Å². The smallest absolute Gasteiger partial charge is 0.264 e. The highest BCUT2D eigenvalue weighted by atomic mass is 32.1. The van der Waals surface area contributed by atoms with Gasteiger partial charge < -0.3 is 10.2 Å². The number of hydrogen-bond donors (Lipinski definition) is 1. The lowest BCUT2D eigenvalue weighted by atomic mass is 10.1. The molecule has 1 aliphatic carbocycles. The molecule has 3 nitrogen and oxygen atoms in total. The summed E-state index contributed by atoms with van der Waals surface area (Å²) < 4.78 is 0.